The van der Waals surface area contributed by atoms with Crippen molar-refractivity contribution in [3.63, 3.8) is 0 Å². The molecule has 19 heavy (non-hydrogen) atoms. The van der Waals surface area contributed by atoms with Crippen molar-refractivity contribution in [2.75, 3.05) is 13.1 Å². The number of nitrogens with one attached hydrogen (secondary N) is 2. The molecule has 0 atom stereocenters. The summed E-state index contributed by atoms with van der Waals surface area (Å²) in [6.07, 6.45) is 4.87. The van der Waals surface area contributed by atoms with Crippen LogP contribution >= 0.6 is 0 Å². The lowest BCUT2D eigenvalue weighted by Gasteiger charge is -2.32. The van der Waals surface area contributed by atoms with E-state index in [-0.39, 0.29) is 5.91 Å². The molecule has 1 amide bonds. The summed E-state index contributed by atoms with van der Waals surface area (Å²) in [7, 11) is 0. The van der Waals surface area contributed by atoms with Crippen molar-refractivity contribution >= 4 is 5.91 Å². The average molecular weight is 262 g/mol. The van der Waals surface area contributed by atoms with Gasteiger partial charge in [0.2, 0.25) is 0 Å². The highest BCUT2D eigenvalue weighted by Crippen LogP contribution is 2.29. The van der Waals surface area contributed by atoms with E-state index >= 15 is 0 Å². The molecule has 0 radical (unpaired) electrons. The summed E-state index contributed by atoms with van der Waals surface area (Å²) in [6.45, 7) is 6.01. The first-order chi connectivity index (χ1) is 9.15. The second kappa shape index (κ2) is 4.96. The van der Waals surface area contributed by atoms with E-state index in [1.54, 1.807) is 0 Å². The summed E-state index contributed by atoms with van der Waals surface area (Å²) in [5, 5.41) is 10.1. The molecule has 0 spiro atoms. The third kappa shape index (κ3) is 2.66. The van der Waals surface area contributed by atoms with Crippen LogP contribution in [0, 0.1) is 13.8 Å². The van der Waals surface area contributed by atoms with Crippen molar-refractivity contribution in [1.82, 2.24) is 20.4 Å². The summed E-state index contributed by atoms with van der Waals surface area (Å²) in [6, 6.07) is 1.16. The molecule has 0 unspecified atom stereocenters. The first-order valence-corrected chi connectivity index (χ1v) is 7.21. The number of amides is 1. The van der Waals surface area contributed by atoms with Crippen LogP contribution < -0.4 is 5.32 Å². The highest BCUT2D eigenvalue weighted by Gasteiger charge is 2.32. The molecule has 1 aromatic heterocycles. The molecule has 104 valence electrons. The van der Waals surface area contributed by atoms with Gasteiger partial charge < -0.3 is 10.2 Å². The lowest BCUT2D eigenvalue weighted by molar-refractivity contribution is 0.0908. The van der Waals surface area contributed by atoms with E-state index in [1.807, 2.05) is 13.8 Å². The number of aromatic amines is 1. The molecule has 1 aromatic rings. The minimum Gasteiger partial charge on any atom is -0.349 e. The van der Waals surface area contributed by atoms with Crippen LogP contribution in [-0.2, 0) is 0 Å². The van der Waals surface area contributed by atoms with Crippen LogP contribution in [0.3, 0.4) is 0 Å². The van der Waals surface area contributed by atoms with E-state index in [1.165, 1.54) is 12.8 Å². The van der Waals surface area contributed by atoms with Gasteiger partial charge in [-0.3, -0.25) is 9.89 Å². The van der Waals surface area contributed by atoms with Crippen LogP contribution in [0.25, 0.3) is 0 Å². The molecule has 2 heterocycles. The van der Waals surface area contributed by atoms with E-state index in [4.69, 9.17) is 0 Å². The molecule has 2 N–H and O–H groups in total. The van der Waals surface area contributed by atoms with E-state index in [0.29, 0.717) is 11.6 Å². The van der Waals surface area contributed by atoms with Gasteiger partial charge in [-0.25, -0.2) is 0 Å². The third-order valence-corrected chi connectivity index (χ3v) is 4.28. The number of hydrogen-bond donors (Lipinski definition) is 2. The van der Waals surface area contributed by atoms with Gasteiger partial charge in [-0.2, -0.15) is 5.10 Å². The normalized spacial score (nSPS) is 21.6. The van der Waals surface area contributed by atoms with Gasteiger partial charge in [-0.1, -0.05) is 0 Å². The number of piperidine rings is 1. The lowest BCUT2D eigenvalue weighted by Crippen LogP contribution is -2.45. The predicted octanol–water partition coefficient (Wildman–Crippen LogP) is 1.38. The second-order valence-corrected chi connectivity index (χ2v) is 5.82. The summed E-state index contributed by atoms with van der Waals surface area (Å²) < 4.78 is 0. The molecular weight excluding hydrogens is 240 g/mol. The van der Waals surface area contributed by atoms with Crippen molar-refractivity contribution in [2.24, 2.45) is 0 Å². The lowest BCUT2D eigenvalue weighted by atomic mass is 10.0. The zero-order chi connectivity index (χ0) is 13.4. The third-order valence-electron chi connectivity index (χ3n) is 4.28. The topological polar surface area (TPSA) is 61.0 Å². The number of nitrogens with zero attached hydrogens (tertiary/aromatic N) is 2. The number of rotatable bonds is 3. The molecular formula is C14H22N4O. The molecule has 3 rings (SSSR count). The fourth-order valence-corrected chi connectivity index (χ4v) is 2.99. The van der Waals surface area contributed by atoms with Crippen molar-refractivity contribution in [1.29, 1.82) is 0 Å². The molecule has 2 fully saturated rings. The van der Waals surface area contributed by atoms with Gasteiger partial charge in [0.1, 0.15) is 0 Å². The van der Waals surface area contributed by atoms with E-state index in [0.717, 1.165) is 43.4 Å². The van der Waals surface area contributed by atoms with Crippen LogP contribution in [0.4, 0.5) is 0 Å². The van der Waals surface area contributed by atoms with E-state index in [9.17, 15) is 4.79 Å². The smallest absolute Gasteiger partial charge is 0.255 e. The van der Waals surface area contributed by atoms with Crippen molar-refractivity contribution < 1.29 is 4.79 Å². The van der Waals surface area contributed by atoms with Crippen LogP contribution in [0.1, 0.15) is 47.4 Å². The summed E-state index contributed by atoms with van der Waals surface area (Å²) in [5.74, 6) is 0.0219. The number of H-pyrrole nitrogens is 1. The average Bonchev–Trinajstić information content (AvgIpc) is 3.17. The Bertz CT molecular complexity index is 450. The molecule has 1 saturated carbocycles. The van der Waals surface area contributed by atoms with Gasteiger partial charge in [0.15, 0.2) is 0 Å². The second-order valence-electron chi connectivity index (χ2n) is 5.82. The molecule has 1 aliphatic carbocycles. The molecule has 1 aliphatic heterocycles. The molecule has 1 saturated heterocycles. The van der Waals surface area contributed by atoms with Crippen molar-refractivity contribution in [3.8, 4) is 0 Å². The number of aryl methyl sites for hydroxylation is 2. The Labute approximate surface area is 113 Å². The Morgan fingerprint density at radius 1 is 1.26 bits per heavy atom. The van der Waals surface area contributed by atoms with Crippen molar-refractivity contribution in [3.05, 3.63) is 17.0 Å². The van der Waals surface area contributed by atoms with E-state index in [2.05, 4.69) is 20.4 Å². The van der Waals surface area contributed by atoms with Crippen LogP contribution in [0.5, 0.6) is 0 Å². The number of carbonyl (C=O) groups is 1. The monoisotopic (exact) mass is 262 g/mol. The molecule has 0 bridgehead atoms. The zero-order valence-electron chi connectivity index (χ0n) is 11.7. The first-order valence-electron chi connectivity index (χ1n) is 7.21. The summed E-state index contributed by atoms with van der Waals surface area (Å²) in [5.41, 5.74) is 2.35. The standard InChI is InChI=1S/C14H22N4O/c1-9-13(10(2)17-16-9)14(19)15-11-5-7-18(8-6-11)12-3-4-12/h11-12H,3-8H2,1-2H3,(H,15,19)(H,16,17). The summed E-state index contributed by atoms with van der Waals surface area (Å²) >= 11 is 0. The Morgan fingerprint density at radius 3 is 2.47 bits per heavy atom. The SMILES string of the molecule is Cc1n[nH]c(C)c1C(=O)NC1CCN(C2CC2)CC1. The van der Waals surface area contributed by atoms with Gasteiger partial charge in [-0.15, -0.1) is 0 Å². The predicted molar refractivity (Wildman–Crippen MR) is 73.1 cm³/mol. The highest BCUT2D eigenvalue weighted by atomic mass is 16.1. The Hall–Kier alpha value is -1.36. The fourth-order valence-electron chi connectivity index (χ4n) is 2.99. The van der Waals surface area contributed by atoms with Gasteiger partial charge in [0, 0.05) is 30.9 Å². The van der Waals surface area contributed by atoms with Gasteiger partial charge in [0.05, 0.1) is 11.3 Å². The minimum absolute atomic E-state index is 0.0219. The van der Waals surface area contributed by atoms with Gasteiger partial charge in [-0.05, 0) is 39.5 Å². The van der Waals surface area contributed by atoms with Crippen LogP contribution in [0.2, 0.25) is 0 Å². The molecule has 2 aliphatic rings. The molecule has 0 aromatic carbocycles. The van der Waals surface area contributed by atoms with Gasteiger partial charge >= 0.3 is 0 Å². The highest BCUT2D eigenvalue weighted by molar-refractivity contribution is 5.96. The minimum atomic E-state index is 0.0219. The van der Waals surface area contributed by atoms with Crippen LogP contribution in [0.15, 0.2) is 0 Å². The maximum Gasteiger partial charge on any atom is 0.255 e. The number of carbonyl (C=O) groups excluding carboxylic acids is 1. The fraction of sp³-hybridized carbons (Fsp3) is 0.714. The summed E-state index contributed by atoms with van der Waals surface area (Å²) in [4.78, 5) is 14.8. The Balaban J connectivity index is 1.55. The van der Waals surface area contributed by atoms with E-state index < -0.39 is 0 Å². The largest absolute Gasteiger partial charge is 0.349 e. The molecule has 5 nitrogen and oxygen atoms in total. The van der Waals surface area contributed by atoms with Gasteiger partial charge in [0.25, 0.3) is 5.91 Å². The number of hydrogen-bond acceptors (Lipinski definition) is 3. The van der Waals surface area contributed by atoms with Crippen molar-refractivity contribution in [2.45, 2.75) is 51.6 Å². The van der Waals surface area contributed by atoms with Crippen LogP contribution in [-0.4, -0.2) is 46.2 Å². The maximum absolute atomic E-state index is 12.3. The Kier molecular flexibility index (Phi) is 3.31. The quantitative estimate of drug-likeness (QED) is 0.865. The number of likely N-dealkylation sites (tertiary alicyclic amines) is 1. The maximum atomic E-state index is 12.3. The Morgan fingerprint density at radius 2 is 1.95 bits per heavy atom. The number of aromatic nitrogens is 2. The zero-order valence-corrected chi connectivity index (χ0v) is 11.7. The first kappa shape index (κ1) is 12.7. The molecule has 5 heteroatoms.